The summed E-state index contributed by atoms with van der Waals surface area (Å²) < 4.78 is 51.8. The van der Waals surface area contributed by atoms with Crippen LogP contribution in [0.4, 0.5) is 30.2 Å². The molecule has 0 atom stereocenters. The maximum absolute atomic E-state index is 13.1. The van der Waals surface area contributed by atoms with E-state index in [2.05, 4.69) is 161 Å². The Labute approximate surface area is 451 Å². The standard InChI is InChI=1S/C29H30F3N4.C25H15N3O4S2.CNS.Ru/c1-27(2,3)19-7-11-21(12-8-19)36(22-13-9-20(10-14-22)28(4,5)6)23-15-16-33-24(17-23)25-18-26(35-34-25)29(30,31)32;29-14-31-17-4-7-27-21(10-17)23-12-18(32-15-30)11-22(28-23)20-9-16(3-6-26-20)1-2-19-13-25-24(34-19)5-8-33-25;2-1-3;/h7-18H,1-6H3;1-15H;;/q-1;;-1;+2/b;2-1+;;. The topological polar surface area (TPSA) is 157 Å². The number of alkyl halides is 3. The predicted molar refractivity (Wildman–Crippen MR) is 287 cm³/mol. The normalized spacial score (nSPS) is 11.3. The number of aromatic nitrogens is 6. The van der Waals surface area contributed by atoms with E-state index in [-0.39, 0.29) is 36.0 Å². The molecule has 0 aliphatic heterocycles. The Morgan fingerprint density at radius 2 is 1.18 bits per heavy atom. The molecule has 0 spiro atoms. The molecule has 2 aromatic carbocycles. The number of rotatable bonds is 12. The average molecular weight is 1140 g/mol. The molecule has 12 nitrogen and oxygen atoms in total. The van der Waals surface area contributed by atoms with Gasteiger partial charge in [-0.1, -0.05) is 89.8 Å². The summed E-state index contributed by atoms with van der Waals surface area (Å²) in [4.78, 5) is 42.6. The third-order valence-corrected chi connectivity index (χ3v) is 12.9. The van der Waals surface area contributed by atoms with Gasteiger partial charge in [0.25, 0.3) is 12.9 Å². The van der Waals surface area contributed by atoms with Crippen LogP contribution in [0.25, 0.3) is 61.1 Å². The van der Waals surface area contributed by atoms with Crippen LogP contribution in [0.3, 0.4) is 0 Å². The number of thiocarbonyl (C=S) groups is 1. The van der Waals surface area contributed by atoms with Crippen LogP contribution in [0.2, 0.25) is 0 Å². The van der Waals surface area contributed by atoms with Crippen LogP contribution in [-0.2, 0) is 46.1 Å². The summed E-state index contributed by atoms with van der Waals surface area (Å²) in [6.07, 6.45) is 4.32. The summed E-state index contributed by atoms with van der Waals surface area (Å²) in [5, 5.41) is 17.6. The molecule has 74 heavy (non-hydrogen) atoms. The second-order valence-corrected chi connectivity index (χ2v) is 20.3. The van der Waals surface area contributed by atoms with Crippen LogP contribution >= 0.6 is 34.9 Å². The Kier molecular flexibility index (Phi) is 18.5. The van der Waals surface area contributed by atoms with Crippen LogP contribution in [0, 0.1) is 0 Å². The molecule has 0 aliphatic rings. The average Bonchev–Trinajstić information content (AvgIpc) is 4.13. The first-order valence-electron chi connectivity index (χ1n) is 22.2. The molecule has 0 fully saturated rings. The number of pyridine rings is 4. The zero-order valence-electron chi connectivity index (χ0n) is 40.5. The van der Waals surface area contributed by atoms with Crippen molar-refractivity contribution in [3.05, 3.63) is 172 Å². The summed E-state index contributed by atoms with van der Waals surface area (Å²) >= 11 is 7.17. The first-order valence-corrected chi connectivity index (χ1v) is 24.3. The third-order valence-electron chi connectivity index (χ3n) is 10.9. The maximum atomic E-state index is 13.1. The van der Waals surface area contributed by atoms with Crippen molar-refractivity contribution >= 4 is 91.6 Å². The molecule has 0 saturated heterocycles. The summed E-state index contributed by atoms with van der Waals surface area (Å²) in [7, 11) is 0. The van der Waals surface area contributed by atoms with Crippen molar-refractivity contribution in [3.63, 3.8) is 0 Å². The predicted octanol–water partition coefficient (Wildman–Crippen LogP) is 14.6. The minimum absolute atomic E-state index is 0. The van der Waals surface area contributed by atoms with Gasteiger partial charge in [0.15, 0.2) is 0 Å². The van der Waals surface area contributed by atoms with E-state index in [0.717, 1.165) is 28.7 Å². The Bertz CT molecular complexity index is 3330. The minimum atomic E-state index is -4.56. The van der Waals surface area contributed by atoms with Gasteiger partial charge in [-0.25, -0.2) is 4.98 Å². The number of hydrogen-bond donors (Lipinski definition) is 0. The van der Waals surface area contributed by atoms with Gasteiger partial charge in [-0.05, 0) is 112 Å². The second kappa shape index (κ2) is 24.6. The number of benzene rings is 2. The quantitative estimate of drug-likeness (QED) is 0.0494. The molecular formula is C55H45F3N8O4RuS3. The zero-order valence-corrected chi connectivity index (χ0v) is 44.7. The van der Waals surface area contributed by atoms with Crippen LogP contribution in [0.1, 0.15) is 68.8 Å². The van der Waals surface area contributed by atoms with Gasteiger partial charge in [-0.2, -0.15) is 18.3 Å². The van der Waals surface area contributed by atoms with E-state index in [1.54, 1.807) is 65.4 Å². The number of nitrogens with zero attached hydrogens (tertiary/aromatic N) is 8. The number of halogens is 3. The number of isothiocyanates is 1. The molecule has 0 amide bonds. The number of fused-ring (bicyclic) bond motifs is 1. The molecule has 9 rings (SSSR count). The van der Waals surface area contributed by atoms with Gasteiger partial charge >= 0.3 is 25.7 Å². The van der Waals surface area contributed by atoms with E-state index in [1.807, 2.05) is 24.3 Å². The van der Waals surface area contributed by atoms with E-state index in [1.165, 1.54) is 36.8 Å². The van der Waals surface area contributed by atoms with Crippen LogP contribution in [0.15, 0.2) is 139 Å². The fourth-order valence-corrected chi connectivity index (χ4v) is 9.26. The summed E-state index contributed by atoms with van der Waals surface area (Å²) in [5.74, 6) is 0.615. The van der Waals surface area contributed by atoms with Gasteiger partial charge in [0.05, 0.1) is 28.5 Å². The molecule has 0 saturated carbocycles. The number of carbonyl (C=O) groups is 2. The van der Waals surface area contributed by atoms with Gasteiger partial charge < -0.3 is 30.0 Å². The smallest absolute Gasteiger partial charge is 0.753 e. The van der Waals surface area contributed by atoms with Crippen molar-refractivity contribution in [3.8, 4) is 45.7 Å². The maximum Gasteiger partial charge on any atom is 2.00 e. The second-order valence-electron chi connectivity index (χ2n) is 18.0. The zero-order chi connectivity index (χ0) is 52.3. The van der Waals surface area contributed by atoms with Crippen molar-refractivity contribution in [1.29, 1.82) is 0 Å². The summed E-state index contributed by atoms with van der Waals surface area (Å²) in [6, 6.07) is 35.6. The fourth-order valence-electron chi connectivity index (χ4n) is 7.23. The Morgan fingerprint density at radius 3 is 1.73 bits per heavy atom. The molecule has 19 heteroatoms. The number of anilines is 3. The Morgan fingerprint density at radius 1 is 0.635 bits per heavy atom. The number of carbonyl (C=O) groups excluding carboxylic acids is 2. The first-order chi connectivity index (χ1) is 34.9. The number of thiophene rings is 2. The summed E-state index contributed by atoms with van der Waals surface area (Å²) in [5.41, 5.74) is 7.34. The number of ether oxygens (including phenoxy) is 2. The van der Waals surface area contributed by atoms with Crippen LogP contribution in [0.5, 0.6) is 11.5 Å². The Hall–Kier alpha value is -7.40. The third kappa shape index (κ3) is 14.4. The van der Waals surface area contributed by atoms with Crippen molar-refractivity contribution in [1.82, 2.24) is 30.1 Å². The van der Waals surface area contributed by atoms with Gasteiger partial charge in [0.2, 0.25) is 0 Å². The molecule has 0 unspecified atom stereocenters. The van der Waals surface area contributed by atoms with Crippen molar-refractivity contribution in [2.24, 2.45) is 0 Å². The van der Waals surface area contributed by atoms with E-state index >= 15 is 0 Å². The molecular weight excluding hydrogens is 1090 g/mol. The van der Waals surface area contributed by atoms with E-state index in [0.29, 0.717) is 52.9 Å². The molecule has 9 aromatic rings. The molecule has 0 radical (unpaired) electrons. The SMILES string of the molecule is CC(C)(C)c1ccc(N(c2ccc(C(C)(C)C)cc2)c2ccnc(-c3cc(C(F)(F)F)n[n-]3)c2)cc1.O=COc1ccnc(-c2cc(OC=O)cc(-c3cc(/C=C/c4cc5sccc5s4)ccn3)n2)c1.[N-]=C=S.[Ru+2]. The monoisotopic (exact) mass is 1140 g/mol. The molecule has 0 aliphatic carbocycles. The Balaban J connectivity index is 0.000000226. The van der Waals surface area contributed by atoms with Gasteiger partial charge in [0.1, 0.15) is 17.2 Å². The van der Waals surface area contributed by atoms with Gasteiger partial charge in [-0.3, -0.25) is 24.5 Å². The molecule has 0 bridgehead atoms. The van der Waals surface area contributed by atoms with Gasteiger partial charge in [0, 0.05) is 68.1 Å². The van der Waals surface area contributed by atoms with Crippen molar-refractivity contribution < 1.29 is 51.7 Å². The molecule has 7 aromatic heterocycles. The van der Waals surface area contributed by atoms with E-state index < -0.39 is 11.9 Å². The molecule has 7 heterocycles. The van der Waals surface area contributed by atoms with Gasteiger partial charge in [-0.15, -0.1) is 22.7 Å². The number of hydrogen-bond acceptors (Lipinski definition) is 13. The van der Waals surface area contributed by atoms with Crippen LogP contribution in [-0.4, -0.2) is 43.1 Å². The molecule has 0 N–H and O–H groups in total. The largest absolute Gasteiger partial charge is 2.00 e. The first kappa shape index (κ1) is 55.9. The van der Waals surface area contributed by atoms with Crippen molar-refractivity contribution in [2.45, 2.75) is 58.5 Å². The molecule has 376 valence electrons. The van der Waals surface area contributed by atoms with Crippen molar-refractivity contribution in [2.75, 3.05) is 4.90 Å². The minimum Gasteiger partial charge on any atom is -0.753 e. The van der Waals surface area contributed by atoms with E-state index in [9.17, 15) is 22.8 Å². The van der Waals surface area contributed by atoms with Crippen LogP contribution < -0.4 is 19.5 Å². The summed E-state index contributed by atoms with van der Waals surface area (Å²) in [6.45, 7) is 13.7. The fraction of sp³-hybridized carbons (Fsp3) is 0.164. The van der Waals surface area contributed by atoms with E-state index in [4.69, 9.17) is 14.9 Å².